The molecule has 0 aromatic heterocycles. The SMILES string of the molecule is C=CC(=O)NC1=NN(c2ccccc2)C(=O)C1.C=CC(=O)OCCCC. The summed E-state index contributed by atoms with van der Waals surface area (Å²) in [6.07, 6.45) is 4.38. The van der Waals surface area contributed by atoms with Crippen molar-refractivity contribution in [2.24, 2.45) is 5.10 Å². The third-order valence-electron chi connectivity index (χ3n) is 3.14. The highest BCUT2D eigenvalue weighted by molar-refractivity contribution is 6.16. The molecular weight excluding hydrogens is 334 g/mol. The standard InChI is InChI=1S/C12H11N3O2.C7H12O2/c1-2-11(16)13-10-8-12(17)15(14-10)9-6-4-3-5-7-9;1-3-5-6-9-7(8)4-2/h2-7H,1,8H2,(H,13,14,16);4H,2-3,5-6H2,1H3. The first-order valence-corrected chi connectivity index (χ1v) is 8.19. The first-order chi connectivity index (χ1) is 12.5. The van der Waals surface area contributed by atoms with Crippen molar-refractivity contribution in [1.29, 1.82) is 0 Å². The first-order valence-electron chi connectivity index (χ1n) is 8.19. The molecule has 0 bridgehead atoms. The van der Waals surface area contributed by atoms with Gasteiger partial charge in [-0.1, -0.05) is 44.7 Å². The molecule has 0 aliphatic carbocycles. The van der Waals surface area contributed by atoms with Crippen molar-refractivity contribution in [2.45, 2.75) is 26.2 Å². The van der Waals surface area contributed by atoms with Crippen LogP contribution < -0.4 is 10.3 Å². The maximum atomic E-state index is 11.7. The predicted octanol–water partition coefficient (Wildman–Crippen LogP) is 2.55. The Labute approximate surface area is 153 Å². The van der Waals surface area contributed by atoms with E-state index in [0.717, 1.165) is 18.9 Å². The van der Waals surface area contributed by atoms with Gasteiger partial charge < -0.3 is 10.1 Å². The van der Waals surface area contributed by atoms with Crippen LogP contribution in [0, 0.1) is 0 Å². The average molecular weight is 357 g/mol. The number of para-hydroxylation sites is 1. The Bertz CT molecular complexity index is 683. The van der Waals surface area contributed by atoms with Gasteiger partial charge in [-0.15, -0.1) is 0 Å². The Morgan fingerprint density at radius 2 is 1.96 bits per heavy atom. The normalized spacial score (nSPS) is 12.4. The number of anilines is 1. The highest BCUT2D eigenvalue weighted by Gasteiger charge is 2.25. The number of esters is 1. The van der Waals surface area contributed by atoms with Crippen LogP contribution in [0.3, 0.4) is 0 Å². The number of benzene rings is 1. The third-order valence-corrected chi connectivity index (χ3v) is 3.14. The van der Waals surface area contributed by atoms with E-state index >= 15 is 0 Å². The van der Waals surface area contributed by atoms with E-state index in [2.05, 4.69) is 28.3 Å². The van der Waals surface area contributed by atoms with Crippen LogP contribution >= 0.6 is 0 Å². The second-order valence-corrected chi connectivity index (χ2v) is 5.18. The number of hydrazone groups is 1. The minimum atomic E-state index is -0.369. The Balaban J connectivity index is 0.000000321. The molecule has 2 amide bonds. The average Bonchev–Trinajstić information content (AvgIpc) is 3.03. The summed E-state index contributed by atoms with van der Waals surface area (Å²) in [7, 11) is 0. The van der Waals surface area contributed by atoms with Crippen molar-refractivity contribution in [3.8, 4) is 0 Å². The third kappa shape index (κ3) is 7.12. The predicted molar refractivity (Wildman–Crippen MR) is 100 cm³/mol. The minimum absolute atomic E-state index is 0.0917. The van der Waals surface area contributed by atoms with Gasteiger partial charge in [-0.05, 0) is 24.6 Å². The van der Waals surface area contributed by atoms with E-state index in [-0.39, 0.29) is 24.2 Å². The molecule has 1 aliphatic rings. The Morgan fingerprint density at radius 3 is 2.54 bits per heavy atom. The van der Waals surface area contributed by atoms with E-state index in [4.69, 9.17) is 0 Å². The maximum absolute atomic E-state index is 11.7. The van der Waals surface area contributed by atoms with Gasteiger partial charge in [0.2, 0.25) is 5.91 Å². The van der Waals surface area contributed by atoms with Crippen LogP contribution in [0.15, 0.2) is 60.7 Å². The molecule has 0 unspecified atom stereocenters. The lowest BCUT2D eigenvalue weighted by atomic mass is 10.3. The molecule has 1 aromatic rings. The summed E-state index contributed by atoms with van der Waals surface area (Å²) in [4.78, 5) is 33.1. The molecule has 1 aliphatic heterocycles. The molecule has 0 fully saturated rings. The minimum Gasteiger partial charge on any atom is -0.463 e. The number of amides is 2. The second-order valence-electron chi connectivity index (χ2n) is 5.18. The fraction of sp³-hybridized carbons (Fsp3) is 0.263. The zero-order chi connectivity index (χ0) is 19.4. The Hall–Kier alpha value is -3.22. The van der Waals surface area contributed by atoms with Crippen molar-refractivity contribution in [2.75, 3.05) is 11.6 Å². The Morgan fingerprint density at radius 1 is 1.27 bits per heavy atom. The number of amidine groups is 1. The van der Waals surface area contributed by atoms with Crippen molar-refractivity contribution in [3.63, 3.8) is 0 Å². The number of hydrogen-bond donors (Lipinski definition) is 1. The zero-order valence-corrected chi connectivity index (χ0v) is 14.8. The molecular formula is C19H23N3O4. The fourth-order valence-electron chi connectivity index (χ4n) is 1.84. The molecule has 0 atom stereocenters. The van der Waals surface area contributed by atoms with Gasteiger partial charge in [-0.25, -0.2) is 4.79 Å². The van der Waals surface area contributed by atoms with Gasteiger partial charge in [-0.2, -0.15) is 10.1 Å². The number of carbonyl (C=O) groups is 3. The number of nitrogens with zero attached hydrogens (tertiary/aromatic N) is 2. The molecule has 26 heavy (non-hydrogen) atoms. The van der Waals surface area contributed by atoms with Gasteiger partial charge >= 0.3 is 5.97 Å². The number of unbranched alkanes of at least 4 members (excludes halogenated alkanes) is 1. The number of hydrogen-bond acceptors (Lipinski definition) is 5. The van der Waals surface area contributed by atoms with Crippen LogP contribution in [0.25, 0.3) is 0 Å². The monoisotopic (exact) mass is 357 g/mol. The zero-order valence-electron chi connectivity index (χ0n) is 14.8. The van der Waals surface area contributed by atoms with Crippen LogP contribution in [0.1, 0.15) is 26.2 Å². The van der Waals surface area contributed by atoms with Gasteiger partial charge in [0.05, 0.1) is 18.7 Å². The molecule has 1 aromatic carbocycles. The van der Waals surface area contributed by atoms with Crippen LogP contribution in [-0.2, 0) is 19.1 Å². The summed E-state index contributed by atoms with van der Waals surface area (Å²) in [6, 6.07) is 9.05. The lowest BCUT2D eigenvalue weighted by Crippen LogP contribution is -2.27. The van der Waals surface area contributed by atoms with Crippen molar-refractivity contribution in [3.05, 3.63) is 55.6 Å². The maximum Gasteiger partial charge on any atom is 0.330 e. The fourth-order valence-corrected chi connectivity index (χ4v) is 1.84. The van der Waals surface area contributed by atoms with Gasteiger partial charge in [0, 0.05) is 6.08 Å². The molecule has 1 N–H and O–H groups in total. The molecule has 0 spiro atoms. The van der Waals surface area contributed by atoms with Crippen molar-refractivity contribution >= 4 is 29.3 Å². The summed E-state index contributed by atoms with van der Waals surface area (Å²) in [6.45, 7) is 9.16. The molecule has 0 radical (unpaired) electrons. The summed E-state index contributed by atoms with van der Waals surface area (Å²) in [5.41, 5.74) is 0.681. The molecule has 0 saturated carbocycles. The second kappa shape index (κ2) is 11.4. The van der Waals surface area contributed by atoms with Crippen LogP contribution in [0.4, 0.5) is 5.69 Å². The highest BCUT2D eigenvalue weighted by atomic mass is 16.5. The lowest BCUT2D eigenvalue weighted by molar-refractivity contribution is -0.137. The van der Waals surface area contributed by atoms with Crippen molar-refractivity contribution in [1.82, 2.24) is 5.32 Å². The number of rotatable bonds is 6. The number of carbonyl (C=O) groups excluding carboxylic acids is 3. The lowest BCUT2D eigenvalue weighted by Gasteiger charge is -2.10. The number of ether oxygens (including phenoxy) is 1. The van der Waals surface area contributed by atoms with E-state index in [1.54, 1.807) is 12.1 Å². The van der Waals surface area contributed by atoms with Gasteiger partial charge in [-0.3, -0.25) is 9.59 Å². The summed E-state index contributed by atoms with van der Waals surface area (Å²) in [5, 5.41) is 7.81. The summed E-state index contributed by atoms with van der Waals surface area (Å²) >= 11 is 0. The summed E-state index contributed by atoms with van der Waals surface area (Å²) < 4.78 is 4.67. The van der Waals surface area contributed by atoms with Gasteiger partial charge in [0.25, 0.3) is 5.91 Å². The summed E-state index contributed by atoms with van der Waals surface area (Å²) in [5.74, 6) is -0.533. The smallest absolute Gasteiger partial charge is 0.330 e. The van der Waals surface area contributed by atoms with E-state index < -0.39 is 0 Å². The first kappa shape index (κ1) is 20.8. The molecule has 0 saturated heterocycles. The quantitative estimate of drug-likeness (QED) is 0.481. The van der Waals surface area contributed by atoms with Crippen LogP contribution in [0.5, 0.6) is 0 Å². The van der Waals surface area contributed by atoms with E-state index in [9.17, 15) is 14.4 Å². The molecule has 1 heterocycles. The van der Waals surface area contributed by atoms with Gasteiger partial charge in [0.15, 0.2) is 0 Å². The topological polar surface area (TPSA) is 88.1 Å². The van der Waals surface area contributed by atoms with E-state index in [1.807, 2.05) is 25.1 Å². The molecule has 138 valence electrons. The highest BCUT2D eigenvalue weighted by Crippen LogP contribution is 2.18. The van der Waals surface area contributed by atoms with Gasteiger partial charge in [0.1, 0.15) is 5.84 Å². The van der Waals surface area contributed by atoms with Crippen molar-refractivity contribution < 1.29 is 19.1 Å². The van der Waals surface area contributed by atoms with Crippen LogP contribution in [0.2, 0.25) is 0 Å². The van der Waals surface area contributed by atoms with E-state index in [0.29, 0.717) is 18.1 Å². The number of nitrogens with one attached hydrogen (secondary N) is 1. The Kier molecular flexibility index (Phi) is 9.09. The molecule has 7 heteroatoms. The van der Waals surface area contributed by atoms with Crippen LogP contribution in [-0.4, -0.2) is 30.2 Å². The molecule has 2 rings (SSSR count). The largest absolute Gasteiger partial charge is 0.463 e. The molecule has 7 nitrogen and oxygen atoms in total. The van der Waals surface area contributed by atoms with E-state index in [1.165, 1.54) is 11.1 Å².